The van der Waals surface area contributed by atoms with E-state index in [0.29, 0.717) is 5.75 Å². The van der Waals surface area contributed by atoms with Gasteiger partial charge >= 0.3 is 0 Å². The number of ether oxygens (including phenoxy) is 1. The lowest BCUT2D eigenvalue weighted by Crippen LogP contribution is -2.02. The molecule has 0 bridgehead atoms. The van der Waals surface area contributed by atoms with E-state index in [-0.39, 0.29) is 18.0 Å². The molecule has 0 N–H and O–H groups in total. The average molecular weight is 268 g/mol. The summed E-state index contributed by atoms with van der Waals surface area (Å²) in [5.74, 6) is 5.44. The van der Waals surface area contributed by atoms with E-state index in [1.165, 1.54) is 25.1 Å². The number of halogens is 1. The van der Waals surface area contributed by atoms with Crippen LogP contribution >= 0.6 is 0 Å². The van der Waals surface area contributed by atoms with Gasteiger partial charge in [-0.1, -0.05) is 30.0 Å². The Morgan fingerprint density at radius 1 is 1.20 bits per heavy atom. The molecule has 0 aliphatic rings. The van der Waals surface area contributed by atoms with Gasteiger partial charge in [-0.15, -0.1) is 0 Å². The molecule has 0 atom stereocenters. The van der Waals surface area contributed by atoms with E-state index in [4.69, 9.17) is 4.74 Å². The number of Topliss-reactive ketones (excluding diaryl/α,β-unsaturated/α-hetero) is 1. The highest BCUT2D eigenvalue weighted by atomic mass is 19.1. The Kier molecular flexibility index (Phi) is 4.52. The predicted molar refractivity (Wildman–Crippen MR) is 75.2 cm³/mol. The quantitative estimate of drug-likeness (QED) is 0.629. The van der Waals surface area contributed by atoms with E-state index in [1.807, 2.05) is 30.3 Å². The van der Waals surface area contributed by atoms with Crippen molar-refractivity contribution < 1.29 is 13.9 Å². The molecule has 0 spiro atoms. The highest BCUT2D eigenvalue weighted by molar-refractivity contribution is 5.96. The monoisotopic (exact) mass is 268 g/mol. The Hall–Kier alpha value is -2.60. The van der Waals surface area contributed by atoms with Gasteiger partial charge in [0.2, 0.25) is 0 Å². The van der Waals surface area contributed by atoms with Crippen LogP contribution in [-0.2, 0) is 0 Å². The van der Waals surface area contributed by atoms with Crippen LogP contribution in [-0.4, -0.2) is 12.4 Å². The summed E-state index contributed by atoms with van der Waals surface area (Å²) in [5, 5.41) is 0. The van der Waals surface area contributed by atoms with Crippen LogP contribution in [0.15, 0.2) is 48.5 Å². The lowest BCUT2D eigenvalue weighted by molar-refractivity contribution is 0.101. The summed E-state index contributed by atoms with van der Waals surface area (Å²) >= 11 is 0. The molecule has 0 aliphatic heterocycles. The average Bonchev–Trinajstić information content (AvgIpc) is 2.45. The normalized spacial score (nSPS) is 9.50. The minimum atomic E-state index is -0.460. The Labute approximate surface area is 117 Å². The van der Waals surface area contributed by atoms with Crippen LogP contribution < -0.4 is 4.74 Å². The number of rotatable bonds is 3. The van der Waals surface area contributed by atoms with E-state index in [9.17, 15) is 9.18 Å². The third-order valence-electron chi connectivity index (χ3n) is 2.63. The molecule has 0 heterocycles. The molecule has 0 aliphatic carbocycles. The van der Waals surface area contributed by atoms with Crippen LogP contribution in [0.5, 0.6) is 5.75 Å². The first-order chi connectivity index (χ1) is 9.66. The van der Waals surface area contributed by atoms with Gasteiger partial charge in [0.1, 0.15) is 18.2 Å². The van der Waals surface area contributed by atoms with E-state index in [2.05, 4.69) is 11.8 Å². The fourth-order valence-electron chi connectivity index (χ4n) is 1.68. The van der Waals surface area contributed by atoms with Crippen LogP contribution in [0.4, 0.5) is 4.39 Å². The fraction of sp³-hybridized carbons (Fsp3) is 0.118. The third kappa shape index (κ3) is 3.69. The first kappa shape index (κ1) is 13.8. The Balaban J connectivity index is 2.05. The zero-order valence-electron chi connectivity index (χ0n) is 11.0. The maximum absolute atomic E-state index is 13.1. The SMILES string of the molecule is CC(=O)c1cc(F)ccc1OCC#Cc1ccccc1. The molecule has 3 heteroatoms. The van der Waals surface area contributed by atoms with Crippen LogP contribution in [0.2, 0.25) is 0 Å². The minimum absolute atomic E-state index is 0.140. The molecule has 2 aromatic carbocycles. The summed E-state index contributed by atoms with van der Waals surface area (Å²) in [7, 11) is 0. The molecular formula is C17H13FO2. The van der Waals surface area contributed by atoms with Crippen LogP contribution in [0.1, 0.15) is 22.8 Å². The van der Waals surface area contributed by atoms with Gasteiger partial charge in [-0.25, -0.2) is 4.39 Å². The topological polar surface area (TPSA) is 26.3 Å². The second-order valence-corrected chi connectivity index (χ2v) is 4.15. The number of benzene rings is 2. The lowest BCUT2D eigenvalue weighted by atomic mass is 10.1. The van der Waals surface area contributed by atoms with Gasteiger partial charge in [0.15, 0.2) is 5.78 Å². The maximum Gasteiger partial charge on any atom is 0.163 e. The van der Waals surface area contributed by atoms with Crippen molar-refractivity contribution in [1.29, 1.82) is 0 Å². The smallest absolute Gasteiger partial charge is 0.163 e. The van der Waals surface area contributed by atoms with Crippen molar-refractivity contribution in [2.45, 2.75) is 6.92 Å². The molecule has 0 saturated carbocycles. The summed E-state index contributed by atoms with van der Waals surface area (Å²) in [6.45, 7) is 1.51. The maximum atomic E-state index is 13.1. The highest BCUT2D eigenvalue weighted by Gasteiger charge is 2.09. The van der Waals surface area contributed by atoms with Gasteiger partial charge in [-0.05, 0) is 37.3 Å². The second kappa shape index (κ2) is 6.53. The van der Waals surface area contributed by atoms with Gasteiger partial charge in [0.05, 0.1) is 5.56 Å². The van der Waals surface area contributed by atoms with Crippen molar-refractivity contribution in [2.75, 3.05) is 6.61 Å². The molecule has 100 valence electrons. The Bertz CT molecular complexity index is 666. The van der Waals surface area contributed by atoms with Crippen molar-refractivity contribution in [3.63, 3.8) is 0 Å². The zero-order valence-corrected chi connectivity index (χ0v) is 11.0. The van der Waals surface area contributed by atoms with Crippen molar-refractivity contribution in [2.24, 2.45) is 0 Å². The lowest BCUT2D eigenvalue weighted by Gasteiger charge is -2.06. The number of carbonyl (C=O) groups is 1. The molecule has 2 nitrogen and oxygen atoms in total. The number of carbonyl (C=O) groups excluding carboxylic acids is 1. The Morgan fingerprint density at radius 3 is 2.65 bits per heavy atom. The third-order valence-corrected chi connectivity index (χ3v) is 2.63. The summed E-state index contributed by atoms with van der Waals surface area (Å²) < 4.78 is 18.5. The van der Waals surface area contributed by atoms with E-state index >= 15 is 0 Å². The molecule has 2 aromatic rings. The summed E-state index contributed by atoms with van der Waals surface area (Å²) in [4.78, 5) is 11.4. The van der Waals surface area contributed by atoms with Gasteiger partial charge in [0.25, 0.3) is 0 Å². The van der Waals surface area contributed by atoms with E-state index in [1.54, 1.807) is 0 Å². The summed E-state index contributed by atoms with van der Waals surface area (Å²) in [6, 6.07) is 13.4. The molecule has 0 unspecified atom stereocenters. The van der Waals surface area contributed by atoms with Crippen LogP contribution in [0.3, 0.4) is 0 Å². The molecule has 20 heavy (non-hydrogen) atoms. The summed E-state index contributed by atoms with van der Waals surface area (Å²) in [5.41, 5.74) is 1.12. The highest BCUT2D eigenvalue weighted by Crippen LogP contribution is 2.20. The molecule has 0 radical (unpaired) electrons. The van der Waals surface area contributed by atoms with Crippen molar-refractivity contribution in [3.8, 4) is 17.6 Å². The summed E-state index contributed by atoms with van der Waals surface area (Å²) in [6.07, 6.45) is 0. The Morgan fingerprint density at radius 2 is 1.95 bits per heavy atom. The van der Waals surface area contributed by atoms with Crippen LogP contribution in [0, 0.1) is 17.7 Å². The largest absolute Gasteiger partial charge is 0.480 e. The predicted octanol–water partition coefficient (Wildman–Crippen LogP) is 3.46. The molecule has 0 fully saturated rings. The molecular weight excluding hydrogens is 255 g/mol. The van der Waals surface area contributed by atoms with Gasteiger partial charge < -0.3 is 4.74 Å². The molecule has 0 aromatic heterocycles. The fourth-order valence-corrected chi connectivity index (χ4v) is 1.68. The van der Waals surface area contributed by atoms with Gasteiger partial charge in [-0.3, -0.25) is 4.79 Å². The van der Waals surface area contributed by atoms with Crippen molar-refractivity contribution in [3.05, 3.63) is 65.5 Å². The second-order valence-electron chi connectivity index (χ2n) is 4.15. The van der Waals surface area contributed by atoms with Crippen molar-refractivity contribution >= 4 is 5.78 Å². The van der Waals surface area contributed by atoms with E-state index < -0.39 is 5.82 Å². The number of hydrogen-bond acceptors (Lipinski definition) is 2. The van der Waals surface area contributed by atoms with Crippen molar-refractivity contribution in [1.82, 2.24) is 0 Å². The van der Waals surface area contributed by atoms with Gasteiger partial charge in [0, 0.05) is 5.56 Å². The molecule has 0 amide bonds. The van der Waals surface area contributed by atoms with E-state index in [0.717, 1.165) is 5.56 Å². The zero-order chi connectivity index (χ0) is 14.4. The molecule has 2 rings (SSSR count). The standard InChI is InChI=1S/C17H13FO2/c1-13(19)16-12-15(18)9-10-17(16)20-11-5-8-14-6-3-2-4-7-14/h2-4,6-7,9-10,12H,11H2,1H3. The first-order valence-electron chi connectivity index (χ1n) is 6.14. The van der Waals surface area contributed by atoms with Crippen LogP contribution in [0.25, 0.3) is 0 Å². The number of ketones is 1. The number of hydrogen-bond donors (Lipinski definition) is 0. The first-order valence-corrected chi connectivity index (χ1v) is 6.14. The minimum Gasteiger partial charge on any atom is -0.480 e. The van der Waals surface area contributed by atoms with Gasteiger partial charge in [-0.2, -0.15) is 0 Å². The molecule has 0 saturated heterocycles.